The first kappa shape index (κ1) is 13.5. The Hall–Kier alpha value is -1.93. The molecule has 2 aromatic rings. The largest absolute Gasteiger partial charge is 0.495 e. The SMILES string of the molecule is COc1cc(C#N)ccc1NC(C)c1ccc(Br)o1. The van der Waals surface area contributed by atoms with Crippen LogP contribution in [0.1, 0.15) is 24.3 Å². The standard InChI is InChI=1S/C14H13BrN2O2/c1-9(12-5-6-14(15)19-12)17-11-4-3-10(8-16)7-13(11)18-2/h3-7,9,17H,1-2H3. The van der Waals surface area contributed by atoms with Crippen LogP contribution in [0.4, 0.5) is 5.69 Å². The Morgan fingerprint density at radius 2 is 2.16 bits per heavy atom. The molecule has 1 atom stereocenters. The first-order valence-electron chi connectivity index (χ1n) is 5.74. The average Bonchev–Trinajstić information content (AvgIpc) is 2.86. The molecule has 0 amide bonds. The van der Waals surface area contributed by atoms with Crippen LogP contribution in [-0.4, -0.2) is 7.11 Å². The van der Waals surface area contributed by atoms with E-state index in [9.17, 15) is 0 Å². The first-order valence-corrected chi connectivity index (χ1v) is 6.53. The summed E-state index contributed by atoms with van der Waals surface area (Å²) in [7, 11) is 1.58. The molecule has 1 aromatic heterocycles. The normalized spacial score (nSPS) is 11.7. The summed E-state index contributed by atoms with van der Waals surface area (Å²) in [6, 6.07) is 11.1. The maximum absolute atomic E-state index is 8.86. The predicted molar refractivity (Wildman–Crippen MR) is 76.2 cm³/mol. The fourth-order valence-corrected chi connectivity index (χ4v) is 2.06. The molecule has 0 aliphatic carbocycles. The van der Waals surface area contributed by atoms with Gasteiger partial charge in [-0.3, -0.25) is 0 Å². The minimum Gasteiger partial charge on any atom is -0.495 e. The van der Waals surface area contributed by atoms with E-state index in [4.69, 9.17) is 14.4 Å². The molecule has 1 heterocycles. The second-order valence-corrected chi connectivity index (χ2v) is 4.82. The van der Waals surface area contributed by atoms with Gasteiger partial charge in [0.05, 0.1) is 30.5 Å². The van der Waals surface area contributed by atoms with Crippen molar-refractivity contribution in [2.24, 2.45) is 0 Å². The van der Waals surface area contributed by atoms with Crippen LogP contribution in [0, 0.1) is 11.3 Å². The van der Waals surface area contributed by atoms with Crippen LogP contribution in [0.15, 0.2) is 39.4 Å². The first-order chi connectivity index (χ1) is 9.13. The summed E-state index contributed by atoms with van der Waals surface area (Å²) in [6.07, 6.45) is 0. The van der Waals surface area contributed by atoms with Crippen molar-refractivity contribution in [1.82, 2.24) is 0 Å². The quantitative estimate of drug-likeness (QED) is 0.921. The maximum Gasteiger partial charge on any atom is 0.169 e. The van der Waals surface area contributed by atoms with Crippen molar-refractivity contribution >= 4 is 21.6 Å². The Kier molecular flexibility index (Phi) is 4.13. The number of rotatable bonds is 4. The van der Waals surface area contributed by atoms with Gasteiger partial charge >= 0.3 is 0 Å². The Balaban J connectivity index is 2.21. The van der Waals surface area contributed by atoms with E-state index in [-0.39, 0.29) is 6.04 Å². The summed E-state index contributed by atoms with van der Waals surface area (Å²) < 4.78 is 11.5. The van der Waals surface area contributed by atoms with E-state index in [0.29, 0.717) is 16.0 Å². The number of nitriles is 1. The highest BCUT2D eigenvalue weighted by molar-refractivity contribution is 9.10. The van der Waals surface area contributed by atoms with Crippen molar-refractivity contribution in [3.63, 3.8) is 0 Å². The fourth-order valence-electron chi connectivity index (χ4n) is 1.75. The Bertz CT molecular complexity index is 616. The molecule has 0 aliphatic rings. The van der Waals surface area contributed by atoms with E-state index in [1.165, 1.54) is 0 Å². The molecule has 19 heavy (non-hydrogen) atoms. The summed E-state index contributed by atoms with van der Waals surface area (Å²) >= 11 is 3.28. The lowest BCUT2D eigenvalue weighted by atomic mass is 10.1. The van der Waals surface area contributed by atoms with Gasteiger partial charge in [-0.05, 0) is 47.1 Å². The second kappa shape index (κ2) is 5.81. The summed E-state index contributed by atoms with van der Waals surface area (Å²) in [5.74, 6) is 1.45. The van der Waals surface area contributed by atoms with Crippen molar-refractivity contribution in [3.05, 3.63) is 46.3 Å². The van der Waals surface area contributed by atoms with Crippen LogP contribution in [0.5, 0.6) is 5.75 Å². The summed E-state index contributed by atoms with van der Waals surface area (Å²) in [6.45, 7) is 1.99. The number of methoxy groups -OCH3 is 1. The summed E-state index contributed by atoms with van der Waals surface area (Å²) in [5.41, 5.74) is 1.39. The monoisotopic (exact) mass is 320 g/mol. The third kappa shape index (κ3) is 3.09. The molecule has 0 saturated heterocycles. The van der Waals surface area contributed by atoms with Gasteiger partial charge in [-0.2, -0.15) is 5.26 Å². The van der Waals surface area contributed by atoms with Gasteiger partial charge in [-0.1, -0.05) is 0 Å². The van der Waals surface area contributed by atoms with E-state index in [0.717, 1.165) is 11.4 Å². The number of ether oxygens (including phenoxy) is 1. The molecule has 0 radical (unpaired) electrons. The van der Waals surface area contributed by atoms with Crippen molar-refractivity contribution in [3.8, 4) is 11.8 Å². The second-order valence-electron chi connectivity index (χ2n) is 4.03. The van der Waals surface area contributed by atoms with Crippen LogP contribution in [0.3, 0.4) is 0 Å². The van der Waals surface area contributed by atoms with E-state index >= 15 is 0 Å². The van der Waals surface area contributed by atoms with Crippen LogP contribution in [0.2, 0.25) is 0 Å². The molecule has 4 nitrogen and oxygen atoms in total. The number of anilines is 1. The summed E-state index contributed by atoms with van der Waals surface area (Å²) in [5, 5.41) is 12.2. The molecule has 0 saturated carbocycles. The Morgan fingerprint density at radius 1 is 1.37 bits per heavy atom. The molecule has 0 spiro atoms. The molecule has 0 bridgehead atoms. The number of hydrogen-bond acceptors (Lipinski definition) is 4. The van der Waals surface area contributed by atoms with Gasteiger partial charge in [0, 0.05) is 6.07 Å². The van der Waals surface area contributed by atoms with Crippen LogP contribution >= 0.6 is 15.9 Å². The molecule has 1 unspecified atom stereocenters. The number of nitrogens with zero attached hydrogens (tertiary/aromatic N) is 1. The van der Waals surface area contributed by atoms with Crippen LogP contribution < -0.4 is 10.1 Å². The number of furan rings is 1. The van der Waals surface area contributed by atoms with E-state index in [2.05, 4.69) is 27.3 Å². The number of hydrogen-bond donors (Lipinski definition) is 1. The summed E-state index contributed by atoms with van der Waals surface area (Å²) in [4.78, 5) is 0. The van der Waals surface area contributed by atoms with Gasteiger partial charge in [0.1, 0.15) is 11.5 Å². The lowest BCUT2D eigenvalue weighted by molar-refractivity contribution is 0.415. The van der Waals surface area contributed by atoms with E-state index in [1.54, 1.807) is 19.2 Å². The van der Waals surface area contributed by atoms with Gasteiger partial charge in [-0.25, -0.2) is 0 Å². The lowest BCUT2D eigenvalue weighted by Crippen LogP contribution is -2.06. The molecular formula is C14H13BrN2O2. The van der Waals surface area contributed by atoms with Crippen molar-refractivity contribution in [2.45, 2.75) is 13.0 Å². The predicted octanol–water partition coefficient (Wildman–Crippen LogP) is 4.10. The highest BCUT2D eigenvalue weighted by Gasteiger charge is 2.12. The fraction of sp³-hybridized carbons (Fsp3) is 0.214. The minimum atomic E-state index is -0.00636. The zero-order chi connectivity index (χ0) is 13.8. The molecule has 0 fully saturated rings. The highest BCUT2D eigenvalue weighted by Crippen LogP contribution is 2.30. The van der Waals surface area contributed by atoms with Gasteiger partial charge in [-0.15, -0.1) is 0 Å². The van der Waals surface area contributed by atoms with Gasteiger partial charge < -0.3 is 14.5 Å². The van der Waals surface area contributed by atoms with E-state index < -0.39 is 0 Å². The molecule has 2 rings (SSSR count). The number of nitrogens with one attached hydrogen (secondary N) is 1. The molecule has 0 aliphatic heterocycles. The third-order valence-corrected chi connectivity index (χ3v) is 3.15. The smallest absolute Gasteiger partial charge is 0.169 e. The molecular weight excluding hydrogens is 308 g/mol. The zero-order valence-corrected chi connectivity index (χ0v) is 12.2. The zero-order valence-electron chi connectivity index (χ0n) is 10.6. The van der Waals surface area contributed by atoms with Crippen LogP contribution in [-0.2, 0) is 0 Å². The average molecular weight is 321 g/mol. The Morgan fingerprint density at radius 3 is 2.74 bits per heavy atom. The number of benzene rings is 1. The van der Waals surface area contributed by atoms with Crippen LogP contribution in [0.25, 0.3) is 0 Å². The molecule has 1 N–H and O–H groups in total. The highest BCUT2D eigenvalue weighted by atomic mass is 79.9. The number of halogens is 1. The minimum absolute atomic E-state index is 0.00636. The molecule has 5 heteroatoms. The molecule has 98 valence electrons. The van der Waals surface area contributed by atoms with Gasteiger partial charge in [0.2, 0.25) is 0 Å². The Labute approximate surface area is 120 Å². The maximum atomic E-state index is 8.86. The lowest BCUT2D eigenvalue weighted by Gasteiger charge is -2.15. The third-order valence-electron chi connectivity index (χ3n) is 2.72. The van der Waals surface area contributed by atoms with Crippen molar-refractivity contribution in [2.75, 3.05) is 12.4 Å². The molecule has 1 aromatic carbocycles. The van der Waals surface area contributed by atoms with Crippen molar-refractivity contribution < 1.29 is 9.15 Å². The van der Waals surface area contributed by atoms with E-state index in [1.807, 2.05) is 25.1 Å². The van der Waals surface area contributed by atoms with Gasteiger partial charge in [0.15, 0.2) is 4.67 Å². The topological polar surface area (TPSA) is 58.2 Å². The van der Waals surface area contributed by atoms with Crippen molar-refractivity contribution in [1.29, 1.82) is 5.26 Å². The van der Waals surface area contributed by atoms with Gasteiger partial charge in [0.25, 0.3) is 0 Å².